The van der Waals surface area contributed by atoms with E-state index in [1.54, 1.807) is 0 Å². The molecule has 0 radical (unpaired) electrons. The lowest BCUT2D eigenvalue weighted by atomic mass is 10.1. The zero-order valence-corrected chi connectivity index (χ0v) is 13.7. The van der Waals surface area contributed by atoms with Crippen LogP contribution in [-0.2, 0) is 11.3 Å². The molecule has 2 N–H and O–H groups in total. The Morgan fingerprint density at radius 2 is 1.86 bits per heavy atom. The second kappa shape index (κ2) is 7.85. The molecule has 0 bridgehead atoms. The largest absolute Gasteiger partial charge is 0.381 e. The molecule has 0 aliphatic rings. The summed E-state index contributed by atoms with van der Waals surface area (Å²) in [5.41, 5.74) is 4.15. The fraction of sp³-hybridized carbons (Fsp3) is 0.278. The van der Waals surface area contributed by atoms with Crippen LogP contribution in [0.4, 0.5) is 11.4 Å². The van der Waals surface area contributed by atoms with E-state index in [2.05, 4.69) is 16.7 Å². The number of rotatable bonds is 6. The van der Waals surface area contributed by atoms with Crippen molar-refractivity contribution in [2.45, 2.75) is 33.2 Å². The highest BCUT2D eigenvalue weighted by Gasteiger charge is 2.04. The summed E-state index contributed by atoms with van der Waals surface area (Å²) in [6.07, 6.45) is 1.41. The first-order chi connectivity index (χ1) is 10.6. The van der Waals surface area contributed by atoms with Crippen molar-refractivity contribution in [2.24, 2.45) is 0 Å². The van der Waals surface area contributed by atoms with Crippen molar-refractivity contribution in [1.82, 2.24) is 0 Å². The lowest BCUT2D eigenvalue weighted by Gasteiger charge is -2.11. The zero-order chi connectivity index (χ0) is 15.9. The Kier molecular flexibility index (Phi) is 5.84. The van der Waals surface area contributed by atoms with Crippen molar-refractivity contribution >= 4 is 28.9 Å². The monoisotopic (exact) mass is 316 g/mol. The van der Waals surface area contributed by atoms with Gasteiger partial charge in [-0.15, -0.1) is 0 Å². The van der Waals surface area contributed by atoms with E-state index < -0.39 is 0 Å². The van der Waals surface area contributed by atoms with Gasteiger partial charge in [0.05, 0.1) is 0 Å². The lowest BCUT2D eigenvalue weighted by Crippen LogP contribution is -2.11. The molecule has 1 amide bonds. The van der Waals surface area contributed by atoms with Crippen LogP contribution >= 0.6 is 11.6 Å². The summed E-state index contributed by atoms with van der Waals surface area (Å²) in [6, 6.07) is 13.7. The fourth-order valence-electron chi connectivity index (χ4n) is 2.19. The first-order valence-electron chi connectivity index (χ1n) is 7.47. The number of hydrogen-bond donors (Lipinski definition) is 2. The summed E-state index contributed by atoms with van der Waals surface area (Å²) in [4.78, 5) is 11.7. The molecular weight excluding hydrogens is 296 g/mol. The Bertz CT molecular complexity index is 638. The zero-order valence-electron chi connectivity index (χ0n) is 12.9. The number of halogens is 1. The number of hydrogen-bond acceptors (Lipinski definition) is 2. The summed E-state index contributed by atoms with van der Waals surface area (Å²) in [5, 5.41) is 7.02. The lowest BCUT2D eigenvalue weighted by molar-refractivity contribution is -0.116. The van der Waals surface area contributed by atoms with Gasteiger partial charge in [0.25, 0.3) is 0 Å². The number of amides is 1. The summed E-state index contributed by atoms with van der Waals surface area (Å²) >= 11 is 5.87. The quantitative estimate of drug-likeness (QED) is 0.787. The predicted molar refractivity (Wildman–Crippen MR) is 93.5 cm³/mol. The van der Waals surface area contributed by atoms with Gasteiger partial charge in [0.2, 0.25) is 5.91 Å². The van der Waals surface area contributed by atoms with Crippen LogP contribution < -0.4 is 10.6 Å². The molecule has 2 aromatic rings. The molecule has 22 heavy (non-hydrogen) atoms. The van der Waals surface area contributed by atoms with Crippen molar-refractivity contribution in [1.29, 1.82) is 0 Å². The summed E-state index contributed by atoms with van der Waals surface area (Å²) in [5.74, 6) is 0.0673. The maximum Gasteiger partial charge on any atom is 0.224 e. The van der Waals surface area contributed by atoms with Gasteiger partial charge < -0.3 is 10.6 Å². The van der Waals surface area contributed by atoms with E-state index in [-0.39, 0.29) is 5.91 Å². The van der Waals surface area contributed by atoms with Gasteiger partial charge in [-0.05, 0) is 54.8 Å². The fourth-order valence-corrected chi connectivity index (χ4v) is 2.31. The third-order valence-electron chi connectivity index (χ3n) is 3.38. The van der Waals surface area contributed by atoms with Gasteiger partial charge in [0.1, 0.15) is 0 Å². The van der Waals surface area contributed by atoms with Crippen molar-refractivity contribution in [2.75, 3.05) is 10.6 Å². The van der Waals surface area contributed by atoms with Gasteiger partial charge in [-0.2, -0.15) is 0 Å². The number of carbonyl (C=O) groups is 1. The van der Waals surface area contributed by atoms with Crippen LogP contribution in [0.25, 0.3) is 0 Å². The molecule has 2 aromatic carbocycles. The van der Waals surface area contributed by atoms with Crippen LogP contribution in [-0.4, -0.2) is 5.91 Å². The van der Waals surface area contributed by atoms with Crippen LogP contribution in [0.5, 0.6) is 0 Å². The molecule has 0 aromatic heterocycles. The molecule has 3 nitrogen and oxygen atoms in total. The topological polar surface area (TPSA) is 41.1 Å². The van der Waals surface area contributed by atoms with E-state index in [4.69, 9.17) is 11.6 Å². The molecule has 0 aliphatic carbocycles. The van der Waals surface area contributed by atoms with Gasteiger partial charge in [0.15, 0.2) is 0 Å². The predicted octanol–water partition coefficient (Wildman–Crippen LogP) is 5.00. The van der Waals surface area contributed by atoms with Crippen molar-refractivity contribution in [3.05, 3.63) is 58.6 Å². The second-order valence-corrected chi connectivity index (χ2v) is 5.74. The van der Waals surface area contributed by atoms with Crippen LogP contribution in [0.1, 0.15) is 30.9 Å². The molecule has 0 heterocycles. The molecule has 0 spiro atoms. The number of anilines is 2. The standard InChI is InChI=1S/C18H21ClN2O/c1-3-4-18(22)21-17-10-5-14(11-13(17)2)12-20-16-8-6-15(19)7-9-16/h5-11,20H,3-4,12H2,1-2H3,(H,21,22). The van der Waals surface area contributed by atoms with Gasteiger partial charge in [-0.1, -0.05) is 30.7 Å². The van der Waals surface area contributed by atoms with Crippen LogP contribution in [0.3, 0.4) is 0 Å². The maximum atomic E-state index is 11.7. The molecule has 0 saturated carbocycles. The van der Waals surface area contributed by atoms with E-state index >= 15 is 0 Å². The minimum absolute atomic E-state index is 0.0673. The molecule has 4 heteroatoms. The summed E-state index contributed by atoms with van der Waals surface area (Å²) < 4.78 is 0. The minimum Gasteiger partial charge on any atom is -0.381 e. The first-order valence-corrected chi connectivity index (χ1v) is 7.85. The molecule has 116 valence electrons. The van der Waals surface area contributed by atoms with E-state index in [9.17, 15) is 4.79 Å². The number of nitrogens with one attached hydrogen (secondary N) is 2. The Morgan fingerprint density at radius 3 is 2.50 bits per heavy atom. The molecular formula is C18H21ClN2O. The van der Waals surface area contributed by atoms with E-state index in [1.165, 1.54) is 5.56 Å². The molecule has 0 aliphatic heterocycles. The maximum absolute atomic E-state index is 11.7. The highest BCUT2D eigenvalue weighted by Crippen LogP contribution is 2.19. The first kappa shape index (κ1) is 16.4. The summed E-state index contributed by atoms with van der Waals surface area (Å²) in [7, 11) is 0. The van der Waals surface area contributed by atoms with Crippen molar-refractivity contribution < 1.29 is 4.79 Å². The minimum atomic E-state index is 0.0673. The Morgan fingerprint density at radius 1 is 1.14 bits per heavy atom. The highest BCUT2D eigenvalue weighted by atomic mass is 35.5. The molecule has 0 fully saturated rings. The molecule has 0 unspecified atom stereocenters. The third-order valence-corrected chi connectivity index (χ3v) is 3.63. The highest BCUT2D eigenvalue weighted by molar-refractivity contribution is 6.30. The van der Waals surface area contributed by atoms with Crippen molar-refractivity contribution in [3.63, 3.8) is 0 Å². The summed E-state index contributed by atoms with van der Waals surface area (Å²) in [6.45, 7) is 4.73. The molecule has 2 rings (SSSR count). The molecule has 0 saturated heterocycles. The van der Waals surface area contributed by atoms with E-state index in [0.29, 0.717) is 6.42 Å². The second-order valence-electron chi connectivity index (χ2n) is 5.31. The van der Waals surface area contributed by atoms with Gasteiger partial charge in [-0.25, -0.2) is 0 Å². The Labute approximate surface area is 136 Å². The average molecular weight is 317 g/mol. The number of benzene rings is 2. The van der Waals surface area contributed by atoms with E-state index in [0.717, 1.165) is 34.9 Å². The van der Waals surface area contributed by atoms with Crippen LogP contribution in [0.2, 0.25) is 5.02 Å². The molecule has 0 atom stereocenters. The van der Waals surface area contributed by atoms with E-state index in [1.807, 2.05) is 50.2 Å². The SMILES string of the molecule is CCCC(=O)Nc1ccc(CNc2ccc(Cl)cc2)cc1C. The third kappa shape index (κ3) is 4.78. The van der Waals surface area contributed by atoms with Gasteiger partial charge >= 0.3 is 0 Å². The normalized spacial score (nSPS) is 10.3. The van der Waals surface area contributed by atoms with Crippen molar-refractivity contribution in [3.8, 4) is 0 Å². The smallest absolute Gasteiger partial charge is 0.224 e. The number of aryl methyl sites for hydroxylation is 1. The van der Waals surface area contributed by atoms with Gasteiger partial charge in [-0.3, -0.25) is 4.79 Å². The number of carbonyl (C=O) groups excluding carboxylic acids is 1. The van der Waals surface area contributed by atoms with Crippen LogP contribution in [0, 0.1) is 6.92 Å². The Hall–Kier alpha value is -2.00. The van der Waals surface area contributed by atoms with Gasteiger partial charge in [0, 0.05) is 29.4 Å². The average Bonchev–Trinajstić information content (AvgIpc) is 2.49. The Balaban J connectivity index is 1.97. The van der Waals surface area contributed by atoms with Crippen LogP contribution in [0.15, 0.2) is 42.5 Å².